The molecule has 0 atom stereocenters. The zero-order chi connectivity index (χ0) is 8.55. The van der Waals surface area contributed by atoms with E-state index in [4.69, 9.17) is 9.26 Å². The Labute approximate surface area is 67.7 Å². The quantitative estimate of drug-likeness (QED) is 0.689. The predicted octanol–water partition coefficient (Wildman–Crippen LogP) is 1.13. The molecule has 0 fully saturated rings. The van der Waals surface area contributed by atoms with Gasteiger partial charge in [-0.05, 0) is 12.1 Å². The van der Waals surface area contributed by atoms with Crippen LogP contribution in [0.25, 0.3) is 11.0 Å². The number of aromatic nitrogens is 1. The van der Waals surface area contributed by atoms with E-state index >= 15 is 0 Å². The number of H-pyrrole nitrogens is 1. The molecule has 1 heterocycles. The lowest BCUT2D eigenvalue weighted by Gasteiger charge is -1.96. The highest BCUT2D eigenvalue weighted by atomic mass is 16.5. The molecule has 0 bridgehead atoms. The number of nitrogens with one attached hydrogen (secondary N) is 1. The van der Waals surface area contributed by atoms with Crippen LogP contribution in [0.4, 0.5) is 0 Å². The van der Waals surface area contributed by atoms with Crippen molar-refractivity contribution in [2.45, 2.75) is 0 Å². The van der Waals surface area contributed by atoms with Gasteiger partial charge in [0.2, 0.25) is 5.58 Å². The molecular weight excluding hydrogens is 158 g/mol. The van der Waals surface area contributed by atoms with Gasteiger partial charge in [-0.25, -0.2) is 0 Å². The summed E-state index contributed by atoms with van der Waals surface area (Å²) in [5.41, 5.74) is 0.230. The molecule has 1 aromatic heterocycles. The van der Waals surface area contributed by atoms with Crippen molar-refractivity contribution in [1.82, 2.24) is 5.16 Å². The van der Waals surface area contributed by atoms with Gasteiger partial charge < -0.3 is 9.26 Å². The number of methoxy groups -OCH3 is 1. The Morgan fingerprint density at radius 3 is 3.08 bits per heavy atom. The van der Waals surface area contributed by atoms with Crippen LogP contribution in [0.1, 0.15) is 0 Å². The largest absolute Gasteiger partial charge is 0.493 e. The van der Waals surface area contributed by atoms with E-state index in [1.165, 1.54) is 7.11 Å². The first-order valence-corrected chi connectivity index (χ1v) is 3.47. The van der Waals surface area contributed by atoms with Gasteiger partial charge in [0.15, 0.2) is 5.75 Å². The molecule has 0 amide bonds. The normalized spacial score (nSPS) is 10.4. The highest BCUT2D eigenvalue weighted by Crippen LogP contribution is 2.21. The van der Waals surface area contributed by atoms with Crippen LogP contribution in [0, 0.1) is 0 Å². The number of hydrogen-bond donors (Lipinski definition) is 1. The van der Waals surface area contributed by atoms with Gasteiger partial charge in [-0.1, -0.05) is 6.07 Å². The Kier molecular flexibility index (Phi) is 1.40. The highest BCUT2D eigenvalue weighted by Gasteiger charge is 2.07. The Balaban J connectivity index is 2.90. The summed E-state index contributed by atoms with van der Waals surface area (Å²) >= 11 is 0. The summed E-state index contributed by atoms with van der Waals surface area (Å²) in [4.78, 5) is 11.0. The minimum atomic E-state index is -0.232. The molecule has 0 saturated heterocycles. The molecule has 1 aromatic carbocycles. The lowest BCUT2D eigenvalue weighted by molar-refractivity contribution is 0.391. The van der Waals surface area contributed by atoms with E-state index in [0.29, 0.717) is 16.7 Å². The Bertz CT molecular complexity index is 455. The molecule has 62 valence electrons. The van der Waals surface area contributed by atoms with E-state index in [9.17, 15) is 4.79 Å². The van der Waals surface area contributed by atoms with Crippen molar-refractivity contribution >= 4 is 11.0 Å². The van der Waals surface area contributed by atoms with Crippen molar-refractivity contribution in [2.75, 3.05) is 7.11 Å². The van der Waals surface area contributed by atoms with Crippen LogP contribution < -0.4 is 10.3 Å². The first-order valence-electron chi connectivity index (χ1n) is 3.47. The SMILES string of the molecule is COc1cccc2c(=O)[nH]oc12. The molecule has 0 aliphatic carbocycles. The summed E-state index contributed by atoms with van der Waals surface area (Å²) in [6.45, 7) is 0. The number of fused-ring (bicyclic) bond motifs is 1. The van der Waals surface area contributed by atoms with Gasteiger partial charge in [0.25, 0.3) is 5.56 Å². The van der Waals surface area contributed by atoms with Crippen molar-refractivity contribution in [3.05, 3.63) is 28.6 Å². The van der Waals surface area contributed by atoms with Crippen molar-refractivity contribution < 1.29 is 9.26 Å². The number of benzene rings is 1. The Morgan fingerprint density at radius 1 is 1.50 bits per heavy atom. The topological polar surface area (TPSA) is 55.2 Å². The third kappa shape index (κ3) is 0.812. The highest BCUT2D eigenvalue weighted by molar-refractivity contribution is 5.81. The summed E-state index contributed by atoms with van der Waals surface area (Å²) in [5.74, 6) is 0.561. The standard InChI is InChI=1S/C8H7NO3/c1-11-6-4-2-3-5-7(6)12-9-8(5)10/h2-4H,1H3,(H,9,10). The molecule has 0 saturated carbocycles. The lowest BCUT2D eigenvalue weighted by atomic mass is 10.2. The van der Waals surface area contributed by atoms with E-state index in [2.05, 4.69) is 5.16 Å². The van der Waals surface area contributed by atoms with Crippen molar-refractivity contribution in [2.24, 2.45) is 0 Å². The van der Waals surface area contributed by atoms with Gasteiger partial charge in [0, 0.05) is 0 Å². The number of rotatable bonds is 1. The van der Waals surface area contributed by atoms with Gasteiger partial charge in [-0.2, -0.15) is 5.16 Å². The van der Waals surface area contributed by atoms with Crippen molar-refractivity contribution in [3.8, 4) is 5.75 Å². The van der Waals surface area contributed by atoms with Gasteiger partial charge in [-0.15, -0.1) is 0 Å². The number of para-hydroxylation sites is 1. The van der Waals surface area contributed by atoms with Gasteiger partial charge in [-0.3, -0.25) is 4.79 Å². The smallest absolute Gasteiger partial charge is 0.287 e. The molecule has 2 rings (SSSR count). The summed E-state index contributed by atoms with van der Waals surface area (Å²) < 4.78 is 9.90. The van der Waals surface area contributed by atoms with E-state index < -0.39 is 0 Å². The fraction of sp³-hybridized carbons (Fsp3) is 0.125. The molecule has 4 nitrogen and oxygen atoms in total. The van der Waals surface area contributed by atoms with E-state index in [0.717, 1.165) is 0 Å². The zero-order valence-electron chi connectivity index (χ0n) is 6.46. The second-order valence-electron chi connectivity index (χ2n) is 2.37. The lowest BCUT2D eigenvalue weighted by Crippen LogP contribution is -1.96. The third-order valence-corrected chi connectivity index (χ3v) is 1.69. The van der Waals surface area contributed by atoms with Crippen LogP contribution in [0.3, 0.4) is 0 Å². The summed E-state index contributed by atoms with van der Waals surface area (Å²) in [6.07, 6.45) is 0. The summed E-state index contributed by atoms with van der Waals surface area (Å²) in [6, 6.07) is 5.16. The van der Waals surface area contributed by atoms with Crippen LogP contribution in [0.15, 0.2) is 27.5 Å². The minimum absolute atomic E-state index is 0.232. The fourth-order valence-electron chi connectivity index (χ4n) is 1.11. The monoisotopic (exact) mass is 165 g/mol. The fourth-order valence-corrected chi connectivity index (χ4v) is 1.11. The number of aromatic amines is 1. The van der Waals surface area contributed by atoms with E-state index in [1.807, 2.05) is 0 Å². The molecule has 0 aliphatic heterocycles. The maximum atomic E-state index is 11.0. The zero-order valence-corrected chi connectivity index (χ0v) is 6.46. The molecular formula is C8H7NO3. The first kappa shape index (κ1) is 6.97. The second kappa shape index (κ2) is 2.41. The molecule has 2 aromatic rings. The third-order valence-electron chi connectivity index (χ3n) is 1.69. The average Bonchev–Trinajstić information content (AvgIpc) is 2.48. The summed E-state index contributed by atoms with van der Waals surface area (Å²) in [5, 5.41) is 2.75. The molecule has 0 unspecified atom stereocenters. The summed E-state index contributed by atoms with van der Waals surface area (Å²) in [7, 11) is 1.53. The second-order valence-corrected chi connectivity index (χ2v) is 2.37. The maximum Gasteiger partial charge on any atom is 0.287 e. The maximum absolute atomic E-state index is 11.0. The van der Waals surface area contributed by atoms with E-state index in [-0.39, 0.29) is 5.56 Å². The average molecular weight is 165 g/mol. The van der Waals surface area contributed by atoms with Gasteiger partial charge in [0.1, 0.15) is 0 Å². The van der Waals surface area contributed by atoms with Crippen LogP contribution in [-0.2, 0) is 0 Å². The Hall–Kier alpha value is -1.71. The molecule has 12 heavy (non-hydrogen) atoms. The van der Waals surface area contributed by atoms with E-state index in [1.54, 1.807) is 18.2 Å². The van der Waals surface area contributed by atoms with Gasteiger partial charge >= 0.3 is 0 Å². The molecule has 0 aliphatic rings. The minimum Gasteiger partial charge on any atom is -0.493 e. The van der Waals surface area contributed by atoms with Crippen LogP contribution >= 0.6 is 0 Å². The molecule has 1 N–H and O–H groups in total. The van der Waals surface area contributed by atoms with Crippen molar-refractivity contribution in [3.63, 3.8) is 0 Å². The molecule has 4 heteroatoms. The van der Waals surface area contributed by atoms with Crippen LogP contribution in [0.5, 0.6) is 5.75 Å². The van der Waals surface area contributed by atoms with Gasteiger partial charge in [0.05, 0.1) is 12.5 Å². The molecule has 0 radical (unpaired) electrons. The van der Waals surface area contributed by atoms with Crippen molar-refractivity contribution in [1.29, 1.82) is 0 Å². The Morgan fingerprint density at radius 2 is 2.33 bits per heavy atom. The molecule has 0 spiro atoms. The number of ether oxygens (including phenoxy) is 1. The van der Waals surface area contributed by atoms with Crippen LogP contribution in [-0.4, -0.2) is 12.3 Å². The predicted molar refractivity (Wildman–Crippen MR) is 43.4 cm³/mol. The number of hydrogen-bond acceptors (Lipinski definition) is 3. The first-order chi connectivity index (χ1) is 5.83. The van der Waals surface area contributed by atoms with Crippen LogP contribution in [0.2, 0.25) is 0 Å².